The van der Waals surface area contributed by atoms with Crippen LogP contribution in [0.15, 0.2) is 29.6 Å². The molecule has 0 aliphatic rings. The van der Waals surface area contributed by atoms with Crippen LogP contribution in [0.3, 0.4) is 0 Å². The van der Waals surface area contributed by atoms with E-state index in [-0.39, 0.29) is 6.42 Å². The van der Waals surface area contributed by atoms with Crippen molar-refractivity contribution in [3.8, 4) is 16.3 Å². The Bertz CT molecular complexity index is 551. The first-order valence-corrected chi connectivity index (χ1v) is 6.37. The van der Waals surface area contributed by atoms with Gasteiger partial charge in [-0.3, -0.25) is 4.79 Å². The smallest absolute Gasteiger partial charge is 0.303 e. The zero-order chi connectivity index (χ0) is 13.0. The Labute approximate surface area is 109 Å². The highest BCUT2D eigenvalue weighted by Gasteiger charge is 2.07. The van der Waals surface area contributed by atoms with Crippen LogP contribution >= 0.6 is 11.3 Å². The summed E-state index contributed by atoms with van der Waals surface area (Å²) in [5.74, 6) is -0.0132. The van der Waals surface area contributed by atoms with Crippen molar-refractivity contribution in [2.45, 2.75) is 12.8 Å². The molecule has 4 nitrogen and oxygen atoms in total. The topological polar surface area (TPSA) is 59.4 Å². The SMILES string of the molecule is COc1cccc(-c2nc(CCC(=O)O)cs2)c1. The first-order chi connectivity index (χ1) is 8.69. The minimum absolute atomic E-state index is 0.112. The first kappa shape index (κ1) is 12.6. The third kappa shape index (κ3) is 3.07. The van der Waals surface area contributed by atoms with Gasteiger partial charge >= 0.3 is 5.97 Å². The van der Waals surface area contributed by atoms with Crippen LogP contribution in [-0.2, 0) is 11.2 Å². The van der Waals surface area contributed by atoms with E-state index in [4.69, 9.17) is 9.84 Å². The van der Waals surface area contributed by atoms with Crippen molar-refractivity contribution in [2.24, 2.45) is 0 Å². The molecule has 2 rings (SSSR count). The van der Waals surface area contributed by atoms with Crippen LogP contribution in [0.25, 0.3) is 10.6 Å². The monoisotopic (exact) mass is 263 g/mol. The van der Waals surface area contributed by atoms with E-state index >= 15 is 0 Å². The Balaban J connectivity index is 2.15. The highest BCUT2D eigenvalue weighted by Crippen LogP contribution is 2.27. The van der Waals surface area contributed by atoms with Gasteiger partial charge in [0.15, 0.2) is 0 Å². The van der Waals surface area contributed by atoms with Gasteiger partial charge in [0.05, 0.1) is 19.2 Å². The second-order valence-corrected chi connectivity index (χ2v) is 4.63. The van der Waals surface area contributed by atoms with E-state index in [2.05, 4.69) is 4.98 Å². The van der Waals surface area contributed by atoms with E-state index in [0.717, 1.165) is 22.0 Å². The Hall–Kier alpha value is -1.88. The second kappa shape index (κ2) is 5.64. The molecule has 0 saturated heterocycles. The molecule has 18 heavy (non-hydrogen) atoms. The third-order valence-electron chi connectivity index (χ3n) is 2.46. The molecule has 0 aliphatic heterocycles. The van der Waals surface area contributed by atoms with Crippen LogP contribution in [0.1, 0.15) is 12.1 Å². The Kier molecular flexibility index (Phi) is 3.94. The van der Waals surface area contributed by atoms with Crippen molar-refractivity contribution < 1.29 is 14.6 Å². The summed E-state index contributed by atoms with van der Waals surface area (Å²) in [6.45, 7) is 0. The first-order valence-electron chi connectivity index (χ1n) is 5.49. The molecule has 0 unspecified atom stereocenters. The number of nitrogens with zero attached hydrogens (tertiary/aromatic N) is 1. The third-order valence-corrected chi connectivity index (χ3v) is 3.40. The number of carboxylic acids is 1. The average molecular weight is 263 g/mol. The average Bonchev–Trinajstić information content (AvgIpc) is 2.85. The van der Waals surface area contributed by atoms with Crippen LogP contribution in [-0.4, -0.2) is 23.2 Å². The van der Waals surface area contributed by atoms with Gasteiger partial charge in [-0.2, -0.15) is 0 Å². The number of benzene rings is 1. The number of rotatable bonds is 5. The molecular formula is C13H13NO3S. The standard InChI is InChI=1S/C13H13NO3S/c1-17-11-4-2-3-9(7-11)13-14-10(8-18-13)5-6-12(15)16/h2-4,7-8H,5-6H2,1H3,(H,15,16). The van der Waals surface area contributed by atoms with Gasteiger partial charge in [-0.1, -0.05) is 12.1 Å². The summed E-state index contributed by atoms with van der Waals surface area (Å²) in [6, 6.07) is 7.66. The largest absolute Gasteiger partial charge is 0.497 e. The van der Waals surface area contributed by atoms with Crippen molar-refractivity contribution in [1.82, 2.24) is 4.98 Å². The van der Waals surface area contributed by atoms with Gasteiger partial charge in [0.2, 0.25) is 0 Å². The summed E-state index contributed by atoms with van der Waals surface area (Å²) in [5.41, 5.74) is 1.81. The van der Waals surface area contributed by atoms with E-state index in [0.29, 0.717) is 6.42 Å². The van der Waals surface area contributed by atoms with Crippen molar-refractivity contribution in [3.05, 3.63) is 35.3 Å². The lowest BCUT2D eigenvalue weighted by Crippen LogP contribution is -1.97. The molecule has 2 aromatic rings. The van der Waals surface area contributed by atoms with Crippen molar-refractivity contribution in [1.29, 1.82) is 0 Å². The van der Waals surface area contributed by atoms with Crippen LogP contribution in [0.4, 0.5) is 0 Å². The van der Waals surface area contributed by atoms with Gasteiger partial charge in [0.1, 0.15) is 10.8 Å². The lowest BCUT2D eigenvalue weighted by molar-refractivity contribution is -0.136. The van der Waals surface area contributed by atoms with E-state index in [1.807, 2.05) is 29.6 Å². The number of aromatic nitrogens is 1. The Morgan fingerprint density at radius 3 is 3.06 bits per heavy atom. The number of ether oxygens (including phenoxy) is 1. The number of thiazole rings is 1. The molecule has 0 radical (unpaired) electrons. The highest BCUT2D eigenvalue weighted by atomic mass is 32.1. The molecule has 0 atom stereocenters. The van der Waals surface area contributed by atoms with Crippen molar-refractivity contribution in [2.75, 3.05) is 7.11 Å². The fourth-order valence-corrected chi connectivity index (χ4v) is 2.40. The normalized spacial score (nSPS) is 10.3. The number of hydrogen-bond donors (Lipinski definition) is 1. The van der Waals surface area contributed by atoms with Crippen molar-refractivity contribution in [3.63, 3.8) is 0 Å². The molecule has 0 fully saturated rings. The predicted octanol–water partition coefficient (Wildman–Crippen LogP) is 2.84. The lowest BCUT2D eigenvalue weighted by Gasteiger charge is -2.01. The molecule has 1 N–H and O–H groups in total. The maximum absolute atomic E-state index is 10.5. The molecular weight excluding hydrogens is 250 g/mol. The van der Waals surface area contributed by atoms with Gasteiger partial charge < -0.3 is 9.84 Å². The molecule has 1 heterocycles. The summed E-state index contributed by atoms with van der Waals surface area (Å²) in [4.78, 5) is 14.9. The summed E-state index contributed by atoms with van der Waals surface area (Å²) >= 11 is 1.51. The summed E-state index contributed by atoms with van der Waals surface area (Å²) in [6.07, 6.45) is 0.580. The summed E-state index contributed by atoms with van der Waals surface area (Å²) < 4.78 is 5.16. The number of aliphatic carboxylic acids is 1. The molecule has 0 aliphatic carbocycles. The molecule has 1 aromatic carbocycles. The molecule has 94 valence electrons. The van der Waals surface area contributed by atoms with Crippen LogP contribution in [0.5, 0.6) is 5.75 Å². The minimum Gasteiger partial charge on any atom is -0.497 e. The molecule has 5 heteroatoms. The van der Waals surface area contributed by atoms with Crippen LogP contribution < -0.4 is 4.74 Å². The van der Waals surface area contributed by atoms with Gasteiger partial charge in [0.25, 0.3) is 0 Å². The Morgan fingerprint density at radius 2 is 2.33 bits per heavy atom. The number of aryl methyl sites for hydroxylation is 1. The molecule has 0 spiro atoms. The van der Waals surface area contributed by atoms with E-state index in [1.54, 1.807) is 7.11 Å². The van der Waals surface area contributed by atoms with E-state index in [9.17, 15) is 4.79 Å². The maximum Gasteiger partial charge on any atom is 0.303 e. The number of methoxy groups -OCH3 is 1. The predicted molar refractivity (Wildman–Crippen MR) is 70.1 cm³/mol. The fraction of sp³-hybridized carbons (Fsp3) is 0.231. The minimum atomic E-state index is -0.800. The van der Waals surface area contributed by atoms with E-state index < -0.39 is 5.97 Å². The molecule has 1 aromatic heterocycles. The van der Waals surface area contributed by atoms with Gasteiger partial charge in [-0.25, -0.2) is 4.98 Å². The molecule has 0 saturated carbocycles. The number of hydrogen-bond acceptors (Lipinski definition) is 4. The zero-order valence-electron chi connectivity index (χ0n) is 9.92. The van der Waals surface area contributed by atoms with Crippen LogP contribution in [0, 0.1) is 0 Å². The molecule has 0 bridgehead atoms. The van der Waals surface area contributed by atoms with Gasteiger partial charge in [-0.05, 0) is 12.1 Å². The zero-order valence-corrected chi connectivity index (χ0v) is 10.7. The summed E-state index contributed by atoms with van der Waals surface area (Å²) in [5, 5.41) is 11.4. The number of carbonyl (C=O) groups is 1. The van der Waals surface area contributed by atoms with E-state index in [1.165, 1.54) is 11.3 Å². The maximum atomic E-state index is 10.5. The van der Waals surface area contributed by atoms with Gasteiger partial charge in [-0.15, -0.1) is 11.3 Å². The van der Waals surface area contributed by atoms with Crippen molar-refractivity contribution >= 4 is 17.3 Å². The summed E-state index contributed by atoms with van der Waals surface area (Å²) in [7, 11) is 1.62. The molecule has 0 amide bonds. The highest BCUT2D eigenvalue weighted by molar-refractivity contribution is 7.13. The number of carboxylic acid groups (broad SMARTS) is 1. The van der Waals surface area contributed by atoms with Crippen LogP contribution in [0.2, 0.25) is 0 Å². The van der Waals surface area contributed by atoms with Gasteiger partial charge in [0, 0.05) is 17.4 Å². The Morgan fingerprint density at radius 1 is 1.50 bits per heavy atom. The lowest BCUT2D eigenvalue weighted by atomic mass is 10.2. The second-order valence-electron chi connectivity index (χ2n) is 3.77. The fourth-order valence-electron chi connectivity index (χ4n) is 1.55. The quantitative estimate of drug-likeness (QED) is 0.901.